The lowest BCUT2D eigenvalue weighted by molar-refractivity contribution is -0.0422. The molecular weight excluding hydrogens is 214 g/mol. The first-order chi connectivity index (χ1) is 8.02. The van der Waals surface area contributed by atoms with Gasteiger partial charge in [0.25, 0.3) is 0 Å². The Balaban J connectivity index is 2.25. The van der Waals surface area contributed by atoms with Gasteiger partial charge < -0.3 is 9.84 Å². The van der Waals surface area contributed by atoms with E-state index in [9.17, 15) is 5.11 Å². The average Bonchev–Trinajstić information content (AvgIpc) is 2.74. The summed E-state index contributed by atoms with van der Waals surface area (Å²) >= 11 is 0. The zero-order chi connectivity index (χ0) is 12.5. The monoisotopic (exact) mass is 235 g/mol. The number of hydrogen-bond donors (Lipinski definition) is 1. The largest absolute Gasteiger partial charge is 0.394 e. The van der Waals surface area contributed by atoms with Crippen molar-refractivity contribution in [3.8, 4) is 0 Å². The molecule has 2 rings (SSSR count). The molecule has 1 aliphatic rings. The highest BCUT2D eigenvalue weighted by molar-refractivity contribution is 5.18. The second-order valence-electron chi connectivity index (χ2n) is 5.53. The molecule has 1 aromatic rings. The van der Waals surface area contributed by atoms with Gasteiger partial charge in [-0.2, -0.15) is 0 Å². The first-order valence-electron chi connectivity index (χ1n) is 6.10. The molecule has 2 atom stereocenters. The highest BCUT2D eigenvalue weighted by atomic mass is 16.5. The van der Waals surface area contributed by atoms with Gasteiger partial charge in [-0.05, 0) is 26.3 Å². The smallest absolute Gasteiger partial charge is 0.137 e. The van der Waals surface area contributed by atoms with Crippen LogP contribution in [-0.4, -0.2) is 34.8 Å². The van der Waals surface area contributed by atoms with Gasteiger partial charge in [0, 0.05) is 12.1 Å². The second-order valence-corrected chi connectivity index (χ2v) is 5.53. The minimum absolute atomic E-state index is 0.0322. The van der Waals surface area contributed by atoms with Gasteiger partial charge in [-0.3, -0.25) is 4.90 Å². The maximum atomic E-state index is 9.26. The number of benzene rings is 1. The minimum atomic E-state index is -0.0839. The summed E-state index contributed by atoms with van der Waals surface area (Å²) < 4.78 is 5.91. The van der Waals surface area contributed by atoms with Crippen molar-refractivity contribution in [2.24, 2.45) is 0 Å². The number of nitrogens with zero attached hydrogens (tertiary/aromatic N) is 1. The van der Waals surface area contributed by atoms with Crippen LogP contribution in [-0.2, 0) is 4.74 Å². The molecule has 0 spiro atoms. The molecule has 94 valence electrons. The Labute approximate surface area is 103 Å². The van der Waals surface area contributed by atoms with Crippen LogP contribution in [0.25, 0.3) is 0 Å². The fourth-order valence-electron chi connectivity index (χ4n) is 2.22. The molecule has 3 heteroatoms. The molecule has 1 saturated heterocycles. The lowest BCUT2D eigenvalue weighted by Crippen LogP contribution is -2.41. The standard InChI is InChI=1S/C14H21NO2/c1-14(2,3)15-9-12(10-16)17-13(15)11-7-5-4-6-8-11/h4-8,12-13,16H,9-10H2,1-3H3/t12-,13+/m0/s1. The highest BCUT2D eigenvalue weighted by Gasteiger charge is 2.39. The summed E-state index contributed by atoms with van der Waals surface area (Å²) in [6, 6.07) is 10.2. The van der Waals surface area contributed by atoms with Crippen LogP contribution >= 0.6 is 0 Å². The number of aliphatic hydroxyl groups excluding tert-OH is 1. The average molecular weight is 235 g/mol. The van der Waals surface area contributed by atoms with Gasteiger partial charge >= 0.3 is 0 Å². The molecular formula is C14H21NO2. The van der Waals surface area contributed by atoms with E-state index in [1.165, 1.54) is 0 Å². The molecule has 0 bridgehead atoms. The zero-order valence-electron chi connectivity index (χ0n) is 10.8. The molecule has 0 unspecified atom stereocenters. The first kappa shape index (κ1) is 12.6. The Morgan fingerprint density at radius 2 is 1.94 bits per heavy atom. The quantitative estimate of drug-likeness (QED) is 0.852. The Kier molecular flexibility index (Phi) is 3.52. The summed E-state index contributed by atoms with van der Waals surface area (Å²) in [5.41, 5.74) is 1.18. The third-order valence-electron chi connectivity index (χ3n) is 3.15. The van der Waals surface area contributed by atoms with Crippen molar-refractivity contribution in [3.05, 3.63) is 35.9 Å². The molecule has 1 aromatic carbocycles. The van der Waals surface area contributed by atoms with E-state index in [0.29, 0.717) is 0 Å². The van der Waals surface area contributed by atoms with E-state index in [1.54, 1.807) is 0 Å². The molecule has 0 saturated carbocycles. The van der Waals surface area contributed by atoms with E-state index in [2.05, 4.69) is 37.8 Å². The molecule has 3 nitrogen and oxygen atoms in total. The molecule has 0 aliphatic carbocycles. The summed E-state index contributed by atoms with van der Waals surface area (Å²) in [7, 11) is 0. The number of hydrogen-bond acceptors (Lipinski definition) is 3. The molecule has 1 aliphatic heterocycles. The summed E-state index contributed by atoms with van der Waals surface area (Å²) in [5.74, 6) is 0. The number of rotatable bonds is 2. The Morgan fingerprint density at radius 3 is 2.47 bits per heavy atom. The van der Waals surface area contributed by atoms with Crippen LogP contribution in [0.1, 0.15) is 32.6 Å². The van der Waals surface area contributed by atoms with Crippen molar-refractivity contribution in [1.82, 2.24) is 4.90 Å². The third kappa shape index (κ3) is 2.68. The van der Waals surface area contributed by atoms with Crippen LogP contribution in [0.15, 0.2) is 30.3 Å². The molecule has 1 N–H and O–H groups in total. The van der Waals surface area contributed by atoms with E-state index in [0.717, 1.165) is 12.1 Å². The van der Waals surface area contributed by atoms with E-state index < -0.39 is 0 Å². The van der Waals surface area contributed by atoms with Crippen molar-refractivity contribution in [2.45, 2.75) is 38.6 Å². The summed E-state index contributed by atoms with van der Waals surface area (Å²) in [6.07, 6.45) is -0.132. The van der Waals surface area contributed by atoms with Crippen LogP contribution in [0.5, 0.6) is 0 Å². The van der Waals surface area contributed by atoms with Gasteiger partial charge in [-0.25, -0.2) is 0 Å². The molecule has 1 fully saturated rings. The Hall–Kier alpha value is -0.900. The van der Waals surface area contributed by atoms with Crippen LogP contribution < -0.4 is 0 Å². The fourth-order valence-corrected chi connectivity index (χ4v) is 2.22. The van der Waals surface area contributed by atoms with Gasteiger partial charge in [-0.15, -0.1) is 0 Å². The van der Waals surface area contributed by atoms with Crippen molar-refractivity contribution in [2.75, 3.05) is 13.2 Å². The maximum absolute atomic E-state index is 9.26. The topological polar surface area (TPSA) is 32.7 Å². The molecule has 0 radical (unpaired) electrons. The summed E-state index contributed by atoms with van der Waals surface area (Å²) in [5, 5.41) is 9.26. The van der Waals surface area contributed by atoms with Gasteiger partial charge in [0.15, 0.2) is 0 Å². The van der Waals surface area contributed by atoms with Crippen molar-refractivity contribution in [1.29, 1.82) is 0 Å². The maximum Gasteiger partial charge on any atom is 0.137 e. The second kappa shape index (κ2) is 4.77. The SMILES string of the molecule is CC(C)(C)N1C[C@@H](CO)O[C@@H]1c1ccccc1. The van der Waals surface area contributed by atoms with Crippen LogP contribution in [0.4, 0.5) is 0 Å². The molecule has 1 heterocycles. The van der Waals surface area contributed by atoms with Gasteiger partial charge in [0.05, 0.1) is 12.7 Å². The van der Waals surface area contributed by atoms with Gasteiger partial charge in [-0.1, -0.05) is 30.3 Å². The normalized spacial score (nSPS) is 26.4. The Bertz CT molecular complexity index is 358. The lowest BCUT2D eigenvalue weighted by Gasteiger charge is -2.35. The minimum Gasteiger partial charge on any atom is -0.394 e. The number of ether oxygens (including phenoxy) is 1. The van der Waals surface area contributed by atoms with Crippen molar-refractivity contribution < 1.29 is 9.84 Å². The van der Waals surface area contributed by atoms with Crippen molar-refractivity contribution >= 4 is 0 Å². The van der Waals surface area contributed by atoms with E-state index in [-0.39, 0.29) is 24.5 Å². The van der Waals surface area contributed by atoms with Crippen molar-refractivity contribution in [3.63, 3.8) is 0 Å². The molecule has 17 heavy (non-hydrogen) atoms. The van der Waals surface area contributed by atoms with Gasteiger partial charge in [0.2, 0.25) is 0 Å². The predicted octanol–water partition coefficient (Wildman–Crippen LogP) is 2.18. The zero-order valence-corrected chi connectivity index (χ0v) is 10.8. The van der Waals surface area contributed by atoms with E-state index in [4.69, 9.17) is 4.74 Å². The lowest BCUT2D eigenvalue weighted by atomic mass is 10.0. The highest BCUT2D eigenvalue weighted by Crippen LogP contribution is 2.35. The predicted molar refractivity (Wildman–Crippen MR) is 67.6 cm³/mol. The van der Waals surface area contributed by atoms with Gasteiger partial charge in [0.1, 0.15) is 6.23 Å². The van der Waals surface area contributed by atoms with Crippen LogP contribution in [0.3, 0.4) is 0 Å². The van der Waals surface area contributed by atoms with E-state index >= 15 is 0 Å². The first-order valence-corrected chi connectivity index (χ1v) is 6.10. The van der Waals surface area contributed by atoms with Crippen LogP contribution in [0.2, 0.25) is 0 Å². The summed E-state index contributed by atoms with van der Waals surface area (Å²) in [4.78, 5) is 2.29. The molecule has 0 aromatic heterocycles. The Morgan fingerprint density at radius 1 is 1.29 bits per heavy atom. The molecule has 0 amide bonds. The fraction of sp³-hybridized carbons (Fsp3) is 0.571. The van der Waals surface area contributed by atoms with E-state index in [1.807, 2.05) is 18.2 Å². The number of aliphatic hydroxyl groups is 1. The summed E-state index contributed by atoms with van der Waals surface area (Å²) in [6.45, 7) is 7.37. The third-order valence-corrected chi connectivity index (χ3v) is 3.15. The van der Waals surface area contributed by atoms with Crippen LogP contribution in [0, 0.1) is 0 Å².